The predicted octanol–water partition coefficient (Wildman–Crippen LogP) is 3.84. The summed E-state index contributed by atoms with van der Waals surface area (Å²) in [5, 5.41) is 25.8. The second kappa shape index (κ2) is 8.83. The van der Waals surface area contributed by atoms with Crippen molar-refractivity contribution in [1.82, 2.24) is 4.68 Å². The number of phenolic OH excluding ortho intramolecular Hbond substituents is 2. The molecule has 0 atom stereocenters. The van der Waals surface area contributed by atoms with Gasteiger partial charge in [0.2, 0.25) is 4.80 Å². The SMILES string of the molecule is COc1ccc(OC)c(-c2csc(=NC(C)C)n2N=Cc2ccc(O)c(O)c2)c1. The monoisotopic (exact) mass is 413 g/mol. The minimum Gasteiger partial charge on any atom is -0.504 e. The van der Waals surface area contributed by atoms with Gasteiger partial charge in [-0.25, -0.2) is 4.68 Å². The maximum Gasteiger partial charge on any atom is 0.206 e. The molecule has 0 aliphatic rings. The lowest BCUT2D eigenvalue weighted by molar-refractivity contribution is 0.403. The van der Waals surface area contributed by atoms with E-state index in [1.807, 2.05) is 37.4 Å². The van der Waals surface area contributed by atoms with Crippen molar-refractivity contribution in [3.05, 3.63) is 52.1 Å². The van der Waals surface area contributed by atoms with E-state index in [-0.39, 0.29) is 17.5 Å². The summed E-state index contributed by atoms with van der Waals surface area (Å²) >= 11 is 1.47. The molecule has 0 saturated carbocycles. The molecule has 0 aliphatic carbocycles. The molecule has 29 heavy (non-hydrogen) atoms. The lowest BCUT2D eigenvalue weighted by Gasteiger charge is -2.11. The highest BCUT2D eigenvalue weighted by Gasteiger charge is 2.14. The van der Waals surface area contributed by atoms with E-state index in [0.29, 0.717) is 17.1 Å². The van der Waals surface area contributed by atoms with Gasteiger partial charge < -0.3 is 19.7 Å². The molecule has 0 amide bonds. The van der Waals surface area contributed by atoms with Crippen LogP contribution in [-0.2, 0) is 0 Å². The summed E-state index contributed by atoms with van der Waals surface area (Å²) in [6, 6.07) is 10.2. The maximum atomic E-state index is 9.72. The van der Waals surface area contributed by atoms with E-state index in [1.165, 1.54) is 23.5 Å². The summed E-state index contributed by atoms with van der Waals surface area (Å²) in [5.41, 5.74) is 2.25. The average Bonchev–Trinajstić information content (AvgIpc) is 3.09. The minimum atomic E-state index is -0.203. The van der Waals surface area contributed by atoms with Gasteiger partial charge in [0, 0.05) is 17.0 Å². The van der Waals surface area contributed by atoms with E-state index < -0.39 is 0 Å². The summed E-state index contributed by atoms with van der Waals surface area (Å²) in [4.78, 5) is 5.38. The molecule has 1 heterocycles. The number of aromatic nitrogens is 1. The van der Waals surface area contributed by atoms with Gasteiger partial charge >= 0.3 is 0 Å². The summed E-state index contributed by atoms with van der Waals surface area (Å²) in [6.45, 7) is 4.00. The van der Waals surface area contributed by atoms with E-state index in [9.17, 15) is 10.2 Å². The summed E-state index contributed by atoms with van der Waals surface area (Å²) in [7, 11) is 3.23. The third-order valence-corrected chi connectivity index (χ3v) is 4.89. The Morgan fingerprint density at radius 2 is 1.83 bits per heavy atom. The summed E-state index contributed by atoms with van der Waals surface area (Å²) < 4.78 is 12.6. The van der Waals surface area contributed by atoms with Crippen LogP contribution in [0.25, 0.3) is 11.3 Å². The second-order valence-electron chi connectivity index (χ2n) is 6.50. The zero-order valence-corrected chi connectivity index (χ0v) is 17.5. The van der Waals surface area contributed by atoms with Crippen LogP contribution < -0.4 is 14.3 Å². The van der Waals surface area contributed by atoms with Crippen molar-refractivity contribution in [2.24, 2.45) is 10.1 Å². The second-order valence-corrected chi connectivity index (χ2v) is 7.33. The first kappa shape index (κ1) is 20.5. The number of rotatable bonds is 6. The molecule has 3 rings (SSSR count). The Hall–Kier alpha value is -3.26. The van der Waals surface area contributed by atoms with Gasteiger partial charge in [-0.15, -0.1) is 11.3 Å². The first-order valence-electron chi connectivity index (χ1n) is 8.96. The molecule has 0 fully saturated rings. The van der Waals surface area contributed by atoms with Gasteiger partial charge in [-0.05, 0) is 55.8 Å². The van der Waals surface area contributed by atoms with Crippen LogP contribution in [0.2, 0.25) is 0 Å². The number of hydrogen-bond donors (Lipinski definition) is 2. The van der Waals surface area contributed by atoms with Crippen LogP contribution in [0.5, 0.6) is 23.0 Å². The van der Waals surface area contributed by atoms with Gasteiger partial charge in [0.1, 0.15) is 11.5 Å². The number of nitrogens with zero attached hydrogens (tertiary/aromatic N) is 3. The zero-order chi connectivity index (χ0) is 21.0. The van der Waals surface area contributed by atoms with Crippen molar-refractivity contribution in [2.45, 2.75) is 19.9 Å². The van der Waals surface area contributed by atoms with Crippen molar-refractivity contribution < 1.29 is 19.7 Å². The van der Waals surface area contributed by atoms with Gasteiger partial charge in [-0.3, -0.25) is 4.99 Å². The highest BCUT2D eigenvalue weighted by atomic mass is 32.1. The molecule has 2 N–H and O–H groups in total. The molecule has 0 unspecified atom stereocenters. The molecule has 1 aromatic heterocycles. The fourth-order valence-electron chi connectivity index (χ4n) is 2.67. The molecule has 152 valence electrons. The molecule has 8 heteroatoms. The fraction of sp³-hybridized carbons (Fsp3) is 0.238. The minimum absolute atomic E-state index is 0.0906. The van der Waals surface area contributed by atoms with E-state index in [1.54, 1.807) is 31.2 Å². The lowest BCUT2D eigenvalue weighted by Crippen LogP contribution is -2.14. The molecule has 2 aromatic carbocycles. The third-order valence-electron chi connectivity index (χ3n) is 4.06. The van der Waals surface area contributed by atoms with Crippen LogP contribution >= 0.6 is 11.3 Å². The third kappa shape index (κ3) is 4.60. The van der Waals surface area contributed by atoms with Gasteiger partial charge in [-0.2, -0.15) is 5.10 Å². The van der Waals surface area contributed by atoms with Crippen molar-refractivity contribution in [3.63, 3.8) is 0 Å². The molecule has 0 saturated heterocycles. The van der Waals surface area contributed by atoms with Crippen LogP contribution in [-0.4, -0.2) is 41.4 Å². The Morgan fingerprint density at radius 3 is 2.48 bits per heavy atom. The quantitative estimate of drug-likeness (QED) is 0.475. The number of thiazole rings is 1. The smallest absolute Gasteiger partial charge is 0.206 e. The van der Waals surface area contributed by atoms with E-state index >= 15 is 0 Å². The van der Waals surface area contributed by atoms with Crippen molar-refractivity contribution in [3.8, 4) is 34.3 Å². The number of methoxy groups -OCH3 is 2. The fourth-order valence-corrected chi connectivity index (χ4v) is 3.63. The molecular weight excluding hydrogens is 390 g/mol. The van der Waals surface area contributed by atoms with E-state index in [0.717, 1.165) is 16.1 Å². The van der Waals surface area contributed by atoms with Crippen molar-refractivity contribution in [1.29, 1.82) is 0 Å². The number of benzene rings is 2. The van der Waals surface area contributed by atoms with E-state index in [2.05, 4.69) is 10.1 Å². The topological polar surface area (TPSA) is 88.6 Å². The van der Waals surface area contributed by atoms with Gasteiger partial charge in [0.05, 0.1) is 26.1 Å². The Kier molecular flexibility index (Phi) is 6.23. The number of hydrogen-bond acceptors (Lipinski definition) is 7. The normalized spacial score (nSPS) is 12.1. The molecule has 0 spiro atoms. The molecule has 0 aliphatic heterocycles. The largest absolute Gasteiger partial charge is 0.504 e. The Bertz CT molecular complexity index is 1100. The summed E-state index contributed by atoms with van der Waals surface area (Å²) in [6.07, 6.45) is 1.60. The van der Waals surface area contributed by atoms with Crippen molar-refractivity contribution >= 4 is 17.6 Å². The molecule has 3 aromatic rings. The maximum absolute atomic E-state index is 9.72. The highest BCUT2D eigenvalue weighted by molar-refractivity contribution is 7.07. The number of aromatic hydroxyl groups is 2. The Balaban J connectivity index is 2.16. The van der Waals surface area contributed by atoms with E-state index in [4.69, 9.17) is 9.47 Å². The van der Waals surface area contributed by atoms with Gasteiger partial charge in [0.15, 0.2) is 11.5 Å². The van der Waals surface area contributed by atoms with Gasteiger partial charge in [-0.1, -0.05) is 0 Å². The van der Waals surface area contributed by atoms with Gasteiger partial charge in [0.25, 0.3) is 0 Å². The average molecular weight is 413 g/mol. The van der Waals surface area contributed by atoms with Crippen molar-refractivity contribution in [2.75, 3.05) is 14.2 Å². The molecule has 0 bridgehead atoms. The first-order valence-corrected chi connectivity index (χ1v) is 9.84. The Morgan fingerprint density at radius 1 is 1.03 bits per heavy atom. The van der Waals surface area contributed by atoms with Crippen LogP contribution in [0.1, 0.15) is 19.4 Å². The standard InChI is InChI=1S/C21H23N3O4S/c1-13(2)23-21-24(22-11-14-5-7-18(25)19(26)9-14)17(12-29-21)16-10-15(27-3)6-8-20(16)28-4/h5-13,25-26H,1-4H3. The number of phenols is 2. The Labute approximate surface area is 172 Å². The molecule has 7 nitrogen and oxygen atoms in total. The molecular formula is C21H23N3O4S. The van der Waals surface area contributed by atoms with Crippen LogP contribution in [0.3, 0.4) is 0 Å². The lowest BCUT2D eigenvalue weighted by atomic mass is 10.1. The van der Waals surface area contributed by atoms with Crippen LogP contribution in [0.15, 0.2) is 51.9 Å². The van der Waals surface area contributed by atoms with Crippen LogP contribution in [0.4, 0.5) is 0 Å². The highest BCUT2D eigenvalue weighted by Crippen LogP contribution is 2.33. The predicted molar refractivity (Wildman–Crippen MR) is 114 cm³/mol. The molecule has 0 radical (unpaired) electrons. The first-order chi connectivity index (χ1) is 13.9. The summed E-state index contributed by atoms with van der Waals surface area (Å²) in [5.74, 6) is 1.01. The number of ether oxygens (including phenoxy) is 2. The zero-order valence-electron chi connectivity index (χ0n) is 16.7. The van der Waals surface area contributed by atoms with Crippen LogP contribution in [0, 0.1) is 0 Å².